The minimum Gasteiger partial charge on any atom is -0.329 e. The third-order valence-corrected chi connectivity index (χ3v) is 2.57. The van der Waals surface area contributed by atoms with Crippen LogP contribution in [0.15, 0.2) is 23.2 Å². The van der Waals surface area contributed by atoms with Gasteiger partial charge in [0, 0.05) is 44.6 Å². The Hall–Kier alpha value is -1.30. The minimum atomic E-state index is 0.656. The summed E-state index contributed by atoms with van der Waals surface area (Å²) >= 11 is 0. The van der Waals surface area contributed by atoms with Crippen LogP contribution < -0.4 is 11.5 Å². The Morgan fingerprint density at radius 3 is 2.56 bits per heavy atom. The van der Waals surface area contributed by atoms with Crippen molar-refractivity contribution >= 4 is 6.21 Å². The lowest BCUT2D eigenvalue weighted by Crippen LogP contribution is -2.35. The monoisotopic (exact) mass is 249 g/mol. The van der Waals surface area contributed by atoms with Crippen LogP contribution in [-0.4, -0.2) is 55.4 Å². The molecule has 5 heteroatoms. The Morgan fingerprint density at radius 1 is 1.22 bits per heavy atom. The van der Waals surface area contributed by atoms with Gasteiger partial charge in [-0.3, -0.25) is 14.9 Å². The van der Waals surface area contributed by atoms with Crippen LogP contribution in [0.5, 0.6) is 0 Å². The average molecular weight is 249 g/mol. The van der Waals surface area contributed by atoms with Gasteiger partial charge in [-0.15, -0.1) is 0 Å². The first-order valence-corrected chi connectivity index (χ1v) is 6.32. The van der Waals surface area contributed by atoms with E-state index < -0.39 is 0 Å². The molecule has 0 saturated carbocycles. The Kier molecular flexibility index (Phi) is 7.17. The van der Waals surface area contributed by atoms with Crippen molar-refractivity contribution in [2.24, 2.45) is 16.5 Å². The number of rotatable bonds is 8. The van der Waals surface area contributed by atoms with E-state index in [1.165, 1.54) is 0 Å². The number of pyridine rings is 1. The van der Waals surface area contributed by atoms with E-state index in [0.29, 0.717) is 13.1 Å². The molecule has 1 rings (SSSR count). The van der Waals surface area contributed by atoms with Crippen LogP contribution in [0.25, 0.3) is 0 Å². The Morgan fingerprint density at radius 2 is 1.94 bits per heavy atom. The third-order valence-electron chi connectivity index (χ3n) is 2.57. The van der Waals surface area contributed by atoms with Crippen LogP contribution in [0.4, 0.5) is 0 Å². The molecule has 18 heavy (non-hydrogen) atoms. The number of hydrogen-bond acceptors (Lipinski definition) is 5. The summed E-state index contributed by atoms with van der Waals surface area (Å²) in [5.74, 6) is 0. The van der Waals surface area contributed by atoms with Crippen molar-refractivity contribution in [1.29, 1.82) is 0 Å². The molecular formula is C13H23N5. The molecule has 0 spiro atoms. The maximum Gasteiger partial charge on any atom is 0.0811 e. The largest absolute Gasteiger partial charge is 0.329 e. The molecule has 0 atom stereocenters. The second kappa shape index (κ2) is 8.74. The molecule has 1 heterocycles. The quantitative estimate of drug-likeness (QED) is 0.637. The molecule has 1 aromatic heterocycles. The summed E-state index contributed by atoms with van der Waals surface area (Å²) in [6.07, 6.45) is 1.82. The third kappa shape index (κ3) is 5.86. The zero-order valence-corrected chi connectivity index (χ0v) is 11.0. The Bertz CT molecular complexity index is 358. The van der Waals surface area contributed by atoms with Crippen LogP contribution in [0.1, 0.15) is 11.4 Å². The van der Waals surface area contributed by atoms with E-state index in [1.807, 2.05) is 31.3 Å². The molecule has 0 saturated heterocycles. The molecule has 100 valence electrons. The molecule has 0 aliphatic rings. The summed E-state index contributed by atoms with van der Waals surface area (Å²) < 4.78 is 0. The molecule has 0 amide bonds. The van der Waals surface area contributed by atoms with E-state index in [4.69, 9.17) is 11.5 Å². The smallest absolute Gasteiger partial charge is 0.0811 e. The van der Waals surface area contributed by atoms with Crippen LogP contribution >= 0.6 is 0 Å². The van der Waals surface area contributed by atoms with Crippen molar-refractivity contribution < 1.29 is 0 Å². The van der Waals surface area contributed by atoms with Gasteiger partial charge in [0.15, 0.2) is 0 Å². The first-order valence-electron chi connectivity index (χ1n) is 6.32. The molecule has 4 N–H and O–H groups in total. The SMILES string of the molecule is Cc1cccc(C=NCCN(CCN)CCN)n1. The van der Waals surface area contributed by atoms with Crippen molar-refractivity contribution in [2.45, 2.75) is 6.92 Å². The predicted molar refractivity (Wildman–Crippen MR) is 76.0 cm³/mol. The second-order valence-electron chi connectivity index (χ2n) is 4.16. The van der Waals surface area contributed by atoms with Crippen molar-refractivity contribution in [3.05, 3.63) is 29.6 Å². The molecular weight excluding hydrogens is 226 g/mol. The lowest BCUT2D eigenvalue weighted by atomic mass is 10.3. The van der Waals surface area contributed by atoms with Crippen molar-refractivity contribution in [3.8, 4) is 0 Å². The van der Waals surface area contributed by atoms with Crippen molar-refractivity contribution in [1.82, 2.24) is 9.88 Å². The fourth-order valence-corrected chi connectivity index (χ4v) is 1.69. The molecule has 0 bridgehead atoms. The Labute approximate surface area is 109 Å². The van der Waals surface area contributed by atoms with Crippen molar-refractivity contribution in [2.75, 3.05) is 39.3 Å². The highest BCUT2D eigenvalue weighted by atomic mass is 15.1. The van der Waals surface area contributed by atoms with Crippen molar-refractivity contribution in [3.63, 3.8) is 0 Å². The summed E-state index contributed by atoms with van der Waals surface area (Å²) in [5.41, 5.74) is 13.0. The van der Waals surface area contributed by atoms with Gasteiger partial charge >= 0.3 is 0 Å². The van der Waals surface area contributed by atoms with Gasteiger partial charge in [0.2, 0.25) is 0 Å². The fraction of sp³-hybridized carbons (Fsp3) is 0.538. The first-order chi connectivity index (χ1) is 8.76. The van der Waals surface area contributed by atoms with Crippen LogP contribution in [0, 0.1) is 6.92 Å². The van der Waals surface area contributed by atoms with Gasteiger partial charge in [0.05, 0.1) is 12.2 Å². The number of aliphatic imine (C=N–C) groups is 1. The number of aryl methyl sites for hydroxylation is 1. The van der Waals surface area contributed by atoms with Crippen LogP contribution in [-0.2, 0) is 0 Å². The maximum atomic E-state index is 5.54. The topological polar surface area (TPSA) is 80.5 Å². The zero-order valence-electron chi connectivity index (χ0n) is 11.0. The number of hydrogen-bond donors (Lipinski definition) is 2. The summed E-state index contributed by atoms with van der Waals surface area (Å²) in [4.78, 5) is 11.0. The molecule has 0 radical (unpaired) electrons. The van der Waals surface area contributed by atoms with Gasteiger partial charge in [0.1, 0.15) is 0 Å². The van der Waals surface area contributed by atoms with Gasteiger partial charge in [-0.25, -0.2) is 0 Å². The first kappa shape index (κ1) is 14.8. The van der Waals surface area contributed by atoms with E-state index >= 15 is 0 Å². The lowest BCUT2D eigenvalue weighted by Gasteiger charge is -2.19. The van der Waals surface area contributed by atoms with Gasteiger partial charge in [-0.05, 0) is 19.1 Å². The molecule has 0 aliphatic carbocycles. The summed E-state index contributed by atoms with van der Waals surface area (Å²) in [6, 6.07) is 5.91. The highest BCUT2D eigenvalue weighted by molar-refractivity contribution is 5.76. The fourth-order valence-electron chi connectivity index (χ4n) is 1.69. The summed E-state index contributed by atoms with van der Waals surface area (Å²) in [7, 11) is 0. The van der Waals surface area contributed by atoms with Crippen LogP contribution in [0.2, 0.25) is 0 Å². The summed E-state index contributed by atoms with van der Waals surface area (Å²) in [6.45, 7) is 6.66. The number of aromatic nitrogens is 1. The molecule has 0 aromatic carbocycles. The average Bonchev–Trinajstić information content (AvgIpc) is 2.35. The van der Waals surface area contributed by atoms with Gasteiger partial charge < -0.3 is 11.5 Å². The highest BCUT2D eigenvalue weighted by Crippen LogP contribution is 1.95. The standard InChI is InChI=1S/C13H23N5/c1-12-3-2-4-13(17-12)11-16-7-10-18(8-5-14)9-6-15/h2-4,11H,5-10,14-15H2,1H3. The van der Waals surface area contributed by atoms with E-state index in [9.17, 15) is 0 Å². The highest BCUT2D eigenvalue weighted by Gasteiger charge is 2.00. The van der Waals surface area contributed by atoms with Gasteiger partial charge in [-0.2, -0.15) is 0 Å². The lowest BCUT2D eigenvalue weighted by molar-refractivity contribution is 0.297. The molecule has 5 nitrogen and oxygen atoms in total. The zero-order chi connectivity index (χ0) is 13.2. The van der Waals surface area contributed by atoms with E-state index in [0.717, 1.165) is 37.6 Å². The van der Waals surface area contributed by atoms with Gasteiger partial charge in [-0.1, -0.05) is 6.07 Å². The van der Waals surface area contributed by atoms with Crippen LogP contribution in [0.3, 0.4) is 0 Å². The Balaban J connectivity index is 2.35. The molecule has 1 aromatic rings. The van der Waals surface area contributed by atoms with Gasteiger partial charge in [0.25, 0.3) is 0 Å². The molecule has 0 unspecified atom stereocenters. The molecule has 0 aliphatic heterocycles. The van der Waals surface area contributed by atoms with E-state index in [2.05, 4.69) is 14.9 Å². The minimum absolute atomic E-state index is 0.656. The second-order valence-corrected chi connectivity index (χ2v) is 4.16. The van der Waals surface area contributed by atoms with E-state index in [-0.39, 0.29) is 0 Å². The molecule has 0 fully saturated rings. The summed E-state index contributed by atoms with van der Waals surface area (Å²) in [5, 5.41) is 0. The normalized spacial score (nSPS) is 11.6. The van der Waals surface area contributed by atoms with E-state index in [1.54, 1.807) is 0 Å². The number of nitrogens with two attached hydrogens (primary N) is 2. The predicted octanol–water partition coefficient (Wildman–Crippen LogP) is 0.0283. The number of nitrogens with zero attached hydrogens (tertiary/aromatic N) is 3. The maximum absolute atomic E-state index is 5.54.